The van der Waals surface area contributed by atoms with E-state index in [1.165, 1.54) is 11.1 Å². The van der Waals surface area contributed by atoms with Crippen molar-refractivity contribution in [3.05, 3.63) is 47.5 Å². The van der Waals surface area contributed by atoms with Gasteiger partial charge in [-0.15, -0.1) is 0 Å². The lowest BCUT2D eigenvalue weighted by Gasteiger charge is -2.15. The summed E-state index contributed by atoms with van der Waals surface area (Å²) in [5, 5.41) is 0. The average Bonchev–Trinajstić information content (AvgIpc) is 2.06. The summed E-state index contributed by atoms with van der Waals surface area (Å²) < 4.78 is 0. The lowest BCUT2D eigenvalue weighted by Crippen LogP contribution is -2.13. The fourth-order valence-electron chi connectivity index (χ4n) is 1.36. The first-order valence-electron chi connectivity index (χ1n) is 3.75. The molecule has 1 aromatic carbocycles. The Bertz CT molecular complexity index is 289. The van der Waals surface area contributed by atoms with E-state index in [0.717, 1.165) is 12.5 Å². The first-order valence-corrected chi connectivity index (χ1v) is 3.75. The van der Waals surface area contributed by atoms with E-state index < -0.39 is 0 Å². The van der Waals surface area contributed by atoms with Crippen LogP contribution in [0.3, 0.4) is 0 Å². The summed E-state index contributed by atoms with van der Waals surface area (Å²) in [6.07, 6.45) is 5.10. The van der Waals surface area contributed by atoms with Gasteiger partial charge in [-0.05, 0) is 17.5 Å². The maximum absolute atomic E-state index is 5.81. The molecule has 0 spiro atoms. The minimum absolute atomic E-state index is 0.886. The highest BCUT2D eigenvalue weighted by Gasteiger charge is 2.11. The number of hydrogen-bond acceptors (Lipinski definition) is 1. The Labute approximate surface area is 66.5 Å². The molecule has 1 aliphatic rings. The minimum Gasteiger partial charge on any atom is -0.319 e. The summed E-state index contributed by atoms with van der Waals surface area (Å²) in [4.78, 5) is 0. The highest BCUT2D eigenvalue weighted by atomic mass is 14.6. The van der Waals surface area contributed by atoms with Crippen molar-refractivity contribution >= 4 is 6.08 Å². The molecular formula is C10H10N. The molecule has 0 saturated carbocycles. The van der Waals surface area contributed by atoms with Crippen LogP contribution in [0.15, 0.2) is 30.3 Å². The Kier molecular flexibility index (Phi) is 1.51. The van der Waals surface area contributed by atoms with Gasteiger partial charge in [0.15, 0.2) is 0 Å². The van der Waals surface area contributed by atoms with Crippen LogP contribution in [-0.4, -0.2) is 0 Å². The van der Waals surface area contributed by atoms with Crippen molar-refractivity contribution in [2.75, 3.05) is 0 Å². The lowest BCUT2D eigenvalue weighted by molar-refractivity contribution is 0.977. The predicted molar refractivity (Wildman–Crippen MR) is 46.6 cm³/mol. The van der Waals surface area contributed by atoms with Crippen LogP contribution in [0, 0.1) is 6.04 Å². The maximum Gasteiger partial charge on any atom is 0.0678 e. The molecule has 0 fully saturated rings. The molecule has 0 aromatic heterocycles. The zero-order chi connectivity index (χ0) is 7.68. The van der Waals surface area contributed by atoms with Crippen LogP contribution >= 0.6 is 0 Å². The van der Waals surface area contributed by atoms with Gasteiger partial charge in [0.25, 0.3) is 0 Å². The quantitative estimate of drug-likeness (QED) is 0.591. The summed E-state index contributed by atoms with van der Waals surface area (Å²) in [6, 6.07) is 9.17. The van der Waals surface area contributed by atoms with Crippen LogP contribution in [0.25, 0.3) is 6.08 Å². The summed E-state index contributed by atoms with van der Waals surface area (Å²) in [5.74, 6) is 0. The van der Waals surface area contributed by atoms with Gasteiger partial charge in [0.05, 0.1) is 6.04 Å². The highest BCUT2D eigenvalue weighted by molar-refractivity contribution is 5.60. The second-order valence-corrected chi connectivity index (χ2v) is 2.72. The largest absolute Gasteiger partial charge is 0.319 e. The smallest absolute Gasteiger partial charge is 0.0678 e. The first kappa shape index (κ1) is 6.62. The van der Waals surface area contributed by atoms with Gasteiger partial charge < -0.3 is 5.73 Å². The Morgan fingerprint density at radius 3 is 2.82 bits per heavy atom. The molecule has 1 radical (unpaired) electrons. The molecule has 2 rings (SSSR count). The van der Waals surface area contributed by atoms with Crippen LogP contribution < -0.4 is 5.73 Å². The second kappa shape index (κ2) is 2.51. The molecule has 0 bridgehead atoms. The SMILES string of the molecule is N[C]1CC=Cc2ccccc21. The first-order chi connectivity index (χ1) is 5.38. The molecule has 55 valence electrons. The summed E-state index contributed by atoms with van der Waals surface area (Å²) in [7, 11) is 0. The molecular weight excluding hydrogens is 134 g/mol. The molecule has 0 unspecified atom stereocenters. The zero-order valence-corrected chi connectivity index (χ0v) is 6.25. The van der Waals surface area contributed by atoms with Gasteiger partial charge in [-0.2, -0.15) is 0 Å². The molecule has 0 saturated heterocycles. The van der Waals surface area contributed by atoms with Crippen molar-refractivity contribution in [1.29, 1.82) is 0 Å². The normalized spacial score (nSPS) is 16.5. The topological polar surface area (TPSA) is 26.0 Å². The lowest BCUT2D eigenvalue weighted by atomic mass is 9.94. The van der Waals surface area contributed by atoms with Gasteiger partial charge in [-0.3, -0.25) is 0 Å². The average molecular weight is 144 g/mol. The molecule has 1 aromatic rings. The predicted octanol–water partition coefficient (Wildman–Crippen LogP) is 1.94. The van der Waals surface area contributed by atoms with Gasteiger partial charge in [0.2, 0.25) is 0 Å². The molecule has 1 heteroatoms. The van der Waals surface area contributed by atoms with Crippen LogP contribution in [0.5, 0.6) is 0 Å². The summed E-state index contributed by atoms with van der Waals surface area (Å²) in [5.41, 5.74) is 8.23. The third kappa shape index (κ3) is 1.08. The van der Waals surface area contributed by atoms with Crippen molar-refractivity contribution in [3.63, 3.8) is 0 Å². The number of nitrogens with two attached hydrogens (primary N) is 1. The standard InChI is InChI=1S/C10H10N/c11-10-7-3-5-8-4-1-2-6-9(8)10/h1-6H,7,11H2. The Morgan fingerprint density at radius 1 is 1.18 bits per heavy atom. The molecule has 0 heterocycles. The van der Waals surface area contributed by atoms with E-state index >= 15 is 0 Å². The molecule has 1 aliphatic carbocycles. The highest BCUT2D eigenvalue weighted by Crippen LogP contribution is 2.24. The van der Waals surface area contributed by atoms with Gasteiger partial charge in [-0.1, -0.05) is 36.4 Å². The van der Waals surface area contributed by atoms with Gasteiger partial charge in [0.1, 0.15) is 0 Å². The van der Waals surface area contributed by atoms with E-state index in [4.69, 9.17) is 5.73 Å². The number of fused-ring (bicyclic) bond motifs is 1. The summed E-state index contributed by atoms with van der Waals surface area (Å²) in [6.45, 7) is 0. The second-order valence-electron chi connectivity index (χ2n) is 2.72. The van der Waals surface area contributed by atoms with Gasteiger partial charge >= 0.3 is 0 Å². The van der Waals surface area contributed by atoms with Crippen molar-refractivity contribution < 1.29 is 0 Å². The number of benzene rings is 1. The van der Waals surface area contributed by atoms with Crippen molar-refractivity contribution in [1.82, 2.24) is 0 Å². The monoisotopic (exact) mass is 144 g/mol. The molecule has 2 N–H and O–H groups in total. The third-order valence-electron chi connectivity index (χ3n) is 1.94. The van der Waals surface area contributed by atoms with E-state index in [9.17, 15) is 0 Å². The van der Waals surface area contributed by atoms with Crippen molar-refractivity contribution in [3.8, 4) is 0 Å². The minimum atomic E-state index is 0.886. The fourth-order valence-corrected chi connectivity index (χ4v) is 1.36. The van der Waals surface area contributed by atoms with E-state index in [1.807, 2.05) is 12.1 Å². The third-order valence-corrected chi connectivity index (χ3v) is 1.94. The van der Waals surface area contributed by atoms with Crippen molar-refractivity contribution in [2.24, 2.45) is 5.73 Å². The van der Waals surface area contributed by atoms with Gasteiger partial charge in [0, 0.05) is 0 Å². The van der Waals surface area contributed by atoms with Crippen LogP contribution in [0.1, 0.15) is 17.5 Å². The van der Waals surface area contributed by atoms with E-state index in [1.54, 1.807) is 0 Å². The Hall–Kier alpha value is -1.08. The van der Waals surface area contributed by atoms with E-state index in [2.05, 4.69) is 24.3 Å². The van der Waals surface area contributed by atoms with Crippen LogP contribution in [-0.2, 0) is 0 Å². The molecule has 0 amide bonds. The summed E-state index contributed by atoms with van der Waals surface area (Å²) >= 11 is 0. The van der Waals surface area contributed by atoms with Gasteiger partial charge in [-0.25, -0.2) is 0 Å². The van der Waals surface area contributed by atoms with Crippen LogP contribution in [0.4, 0.5) is 0 Å². The van der Waals surface area contributed by atoms with E-state index in [0.29, 0.717) is 0 Å². The molecule has 0 aliphatic heterocycles. The zero-order valence-electron chi connectivity index (χ0n) is 6.25. The molecule has 11 heavy (non-hydrogen) atoms. The number of hydrogen-bond donors (Lipinski definition) is 1. The Balaban J connectivity index is 2.54. The molecule has 1 nitrogen and oxygen atoms in total. The Morgan fingerprint density at radius 2 is 2.00 bits per heavy atom. The maximum atomic E-state index is 5.81. The van der Waals surface area contributed by atoms with Crippen molar-refractivity contribution in [2.45, 2.75) is 6.42 Å². The fraction of sp³-hybridized carbons (Fsp3) is 0.100. The van der Waals surface area contributed by atoms with E-state index in [-0.39, 0.29) is 0 Å². The van der Waals surface area contributed by atoms with Crippen LogP contribution in [0.2, 0.25) is 0 Å². The molecule has 0 atom stereocenters. The number of rotatable bonds is 0.